The second-order valence-corrected chi connectivity index (χ2v) is 2.58. The van der Waals surface area contributed by atoms with Gasteiger partial charge in [0.1, 0.15) is 11.9 Å². The van der Waals surface area contributed by atoms with E-state index in [0.29, 0.717) is 11.4 Å². The highest BCUT2D eigenvalue weighted by Gasteiger charge is 1.97. The molecule has 1 heterocycles. The molecular weight excluding hydrogens is 162 g/mol. The Balaban J connectivity index is 2.72. The van der Waals surface area contributed by atoms with Crippen molar-refractivity contribution in [3.63, 3.8) is 0 Å². The highest BCUT2D eigenvalue weighted by molar-refractivity contribution is 5.40. The highest BCUT2D eigenvalue weighted by Crippen LogP contribution is 2.04. The van der Waals surface area contributed by atoms with Crippen LogP contribution in [-0.2, 0) is 0 Å². The molecule has 0 amide bonds. The fourth-order valence-electron chi connectivity index (χ4n) is 0.809. The summed E-state index contributed by atoms with van der Waals surface area (Å²) in [6.07, 6.45) is 6.69. The molecule has 0 aromatic carbocycles. The van der Waals surface area contributed by atoms with E-state index in [1.165, 1.54) is 6.20 Å². The molecule has 64 valence electrons. The van der Waals surface area contributed by atoms with Gasteiger partial charge in [0.25, 0.3) is 0 Å². The Bertz CT molecular complexity index is 353. The molecule has 1 N–H and O–H groups in total. The highest BCUT2D eigenvalue weighted by atomic mass is 15.0. The molecule has 13 heavy (non-hydrogen) atoms. The van der Waals surface area contributed by atoms with Crippen LogP contribution in [0, 0.1) is 23.7 Å². The van der Waals surface area contributed by atoms with Gasteiger partial charge in [-0.15, -0.1) is 6.42 Å². The summed E-state index contributed by atoms with van der Waals surface area (Å²) in [5.41, 5.74) is 0.541. The number of hydrogen-bond acceptors (Lipinski definition) is 3. The lowest BCUT2D eigenvalue weighted by Gasteiger charge is -2.06. The Hall–Kier alpha value is -2.00. The van der Waals surface area contributed by atoms with Crippen LogP contribution in [0.25, 0.3) is 0 Å². The lowest BCUT2D eigenvalue weighted by Crippen LogP contribution is -2.12. The van der Waals surface area contributed by atoms with Crippen molar-refractivity contribution in [1.82, 2.24) is 4.98 Å². The smallest absolute Gasteiger partial charge is 0.126 e. The molecule has 0 aliphatic rings. The molecule has 3 heteroatoms. The van der Waals surface area contributed by atoms with Gasteiger partial charge in [0.05, 0.1) is 11.6 Å². The maximum absolute atomic E-state index is 8.51. The Morgan fingerprint density at radius 3 is 2.85 bits per heavy atom. The molecule has 1 atom stereocenters. The van der Waals surface area contributed by atoms with E-state index in [1.54, 1.807) is 12.1 Å². The van der Waals surface area contributed by atoms with Gasteiger partial charge in [0.2, 0.25) is 0 Å². The van der Waals surface area contributed by atoms with E-state index in [9.17, 15) is 0 Å². The van der Waals surface area contributed by atoms with Crippen molar-refractivity contribution in [3.05, 3.63) is 23.9 Å². The summed E-state index contributed by atoms with van der Waals surface area (Å²) in [5, 5.41) is 11.5. The molecular formula is C10H9N3. The Morgan fingerprint density at radius 2 is 2.38 bits per heavy atom. The monoisotopic (exact) mass is 171 g/mol. The summed E-state index contributed by atoms with van der Waals surface area (Å²) < 4.78 is 0. The third kappa shape index (κ3) is 2.50. The van der Waals surface area contributed by atoms with Crippen molar-refractivity contribution in [1.29, 1.82) is 5.26 Å². The van der Waals surface area contributed by atoms with Gasteiger partial charge in [0.15, 0.2) is 0 Å². The van der Waals surface area contributed by atoms with E-state index in [4.69, 9.17) is 11.7 Å². The van der Waals surface area contributed by atoms with Crippen molar-refractivity contribution in [2.75, 3.05) is 5.32 Å². The number of hydrogen-bond donors (Lipinski definition) is 1. The fraction of sp³-hybridized carbons (Fsp3) is 0.200. The molecule has 1 aromatic rings. The molecule has 0 bridgehead atoms. The fourth-order valence-corrected chi connectivity index (χ4v) is 0.809. The molecule has 0 saturated carbocycles. The third-order valence-corrected chi connectivity index (χ3v) is 1.51. The minimum absolute atomic E-state index is 0.0552. The molecule has 1 unspecified atom stereocenters. The number of rotatable bonds is 2. The zero-order valence-corrected chi connectivity index (χ0v) is 7.28. The van der Waals surface area contributed by atoms with Crippen LogP contribution in [-0.4, -0.2) is 11.0 Å². The van der Waals surface area contributed by atoms with Crippen molar-refractivity contribution < 1.29 is 0 Å². The van der Waals surface area contributed by atoms with Crippen LogP contribution in [0.5, 0.6) is 0 Å². The van der Waals surface area contributed by atoms with Crippen molar-refractivity contribution in [2.45, 2.75) is 13.0 Å². The summed E-state index contributed by atoms with van der Waals surface area (Å²) >= 11 is 0. The number of aromatic nitrogens is 1. The van der Waals surface area contributed by atoms with Gasteiger partial charge in [-0.25, -0.2) is 4.98 Å². The predicted molar refractivity (Wildman–Crippen MR) is 50.9 cm³/mol. The first-order valence-corrected chi connectivity index (χ1v) is 3.85. The maximum atomic E-state index is 8.51. The summed E-state index contributed by atoms with van der Waals surface area (Å²) in [6.45, 7) is 1.86. The predicted octanol–water partition coefficient (Wildman–Crippen LogP) is 1.39. The number of nitrogens with one attached hydrogen (secondary N) is 1. The number of nitriles is 1. The lowest BCUT2D eigenvalue weighted by molar-refractivity contribution is 1.01. The van der Waals surface area contributed by atoms with Crippen LogP contribution in [0.3, 0.4) is 0 Å². The molecule has 1 rings (SSSR count). The van der Waals surface area contributed by atoms with E-state index in [0.717, 1.165) is 0 Å². The summed E-state index contributed by atoms with van der Waals surface area (Å²) in [5.74, 6) is 3.21. The molecule has 0 radical (unpaired) electrons. The number of anilines is 1. The first-order chi connectivity index (χ1) is 6.26. The lowest BCUT2D eigenvalue weighted by atomic mass is 10.3. The summed E-state index contributed by atoms with van der Waals surface area (Å²) in [6, 6.07) is 5.36. The molecule has 0 aliphatic heterocycles. The largest absolute Gasteiger partial charge is 0.357 e. The molecule has 0 saturated heterocycles. The Morgan fingerprint density at radius 1 is 1.62 bits per heavy atom. The van der Waals surface area contributed by atoms with Crippen molar-refractivity contribution >= 4 is 5.82 Å². The maximum Gasteiger partial charge on any atom is 0.126 e. The quantitative estimate of drug-likeness (QED) is 0.684. The standard InChI is InChI=1S/C10H9N3/c1-3-8(2)13-10-5-4-9(6-11)7-12-10/h1,4-5,7-8H,2H3,(H,12,13). The van der Waals surface area contributed by atoms with E-state index < -0.39 is 0 Å². The molecule has 0 spiro atoms. The summed E-state index contributed by atoms with van der Waals surface area (Å²) in [4.78, 5) is 4.01. The van der Waals surface area contributed by atoms with Gasteiger partial charge in [0, 0.05) is 6.20 Å². The second-order valence-electron chi connectivity index (χ2n) is 2.58. The Labute approximate surface area is 77.4 Å². The van der Waals surface area contributed by atoms with Crippen LogP contribution < -0.4 is 5.32 Å². The van der Waals surface area contributed by atoms with E-state index in [1.807, 2.05) is 13.0 Å². The number of pyridine rings is 1. The van der Waals surface area contributed by atoms with E-state index in [2.05, 4.69) is 16.2 Å². The normalized spacial score (nSPS) is 11.0. The van der Waals surface area contributed by atoms with Gasteiger partial charge >= 0.3 is 0 Å². The first kappa shape index (κ1) is 9.09. The van der Waals surface area contributed by atoms with Crippen LogP contribution in [0.1, 0.15) is 12.5 Å². The topological polar surface area (TPSA) is 48.7 Å². The van der Waals surface area contributed by atoms with E-state index >= 15 is 0 Å². The number of nitrogens with zero attached hydrogens (tertiary/aromatic N) is 2. The molecule has 3 nitrogen and oxygen atoms in total. The van der Waals surface area contributed by atoms with Crippen LogP contribution in [0.4, 0.5) is 5.82 Å². The summed E-state index contributed by atoms with van der Waals surface area (Å²) in [7, 11) is 0. The van der Waals surface area contributed by atoms with Gasteiger partial charge in [-0.2, -0.15) is 5.26 Å². The van der Waals surface area contributed by atoms with Crippen molar-refractivity contribution in [3.8, 4) is 18.4 Å². The first-order valence-electron chi connectivity index (χ1n) is 3.85. The second kappa shape index (κ2) is 4.13. The van der Waals surface area contributed by atoms with Gasteiger partial charge in [-0.3, -0.25) is 0 Å². The number of terminal acetylenes is 1. The molecule has 0 fully saturated rings. The van der Waals surface area contributed by atoms with E-state index in [-0.39, 0.29) is 6.04 Å². The molecule has 1 aromatic heterocycles. The SMILES string of the molecule is C#CC(C)Nc1ccc(C#N)cn1. The zero-order chi connectivity index (χ0) is 9.68. The van der Waals surface area contributed by atoms with Crippen LogP contribution in [0.15, 0.2) is 18.3 Å². The third-order valence-electron chi connectivity index (χ3n) is 1.51. The molecule has 0 aliphatic carbocycles. The average Bonchev–Trinajstić information content (AvgIpc) is 2.19. The van der Waals surface area contributed by atoms with Crippen molar-refractivity contribution in [2.24, 2.45) is 0 Å². The zero-order valence-electron chi connectivity index (χ0n) is 7.28. The van der Waals surface area contributed by atoms with Gasteiger partial charge < -0.3 is 5.32 Å². The Kier molecular flexibility index (Phi) is 2.89. The van der Waals surface area contributed by atoms with Crippen LogP contribution in [0.2, 0.25) is 0 Å². The van der Waals surface area contributed by atoms with Crippen LogP contribution >= 0.6 is 0 Å². The average molecular weight is 171 g/mol. The minimum atomic E-state index is -0.0552. The minimum Gasteiger partial charge on any atom is -0.357 e. The van der Waals surface area contributed by atoms with Gasteiger partial charge in [-0.05, 0) is 19.1 Å². The van der Waals surface area contributed by atoms with Gasteiger partial charge in [-0.1, -0.05) is 5.92 Å².